The molecular formula is C15H22N6O3S. The number of hydrogen-bond acceptors (Lipinski definition) is 6. The first kappa shape index (κ1) is 16.7. The van der Waals surface area contributed by atoms with Crippen molar-refractivity contribution in [2.24, 2.45) is 13.0 Å². The third kappa shape index (κ3) is 3.09. The first-order valence-corrected chi connectivity index (χ1v) is 9.82. The second-order valence-electron chi connectivity index (χ2n) is 6.87. The highest BCUT2D eigenvalue weighted by Crippen LogP contribution is 2.39. The SMILES string of the molecule is COC[C@@H]1CN(S(=O)(=O)c2cn(C)cn2)C[C@H]1c1nc(C2CC2)n[nH]1. The van der Waals surface area contributed by atoms with Crippen molar-refractivity contribution in [3.05, 3.63) is 24.2 Å². The standard InChI is InChI=1S/C15H22N6O3S/c1-20-7-13(16-9-20)25(22,23)21-5-11(8-24-2)12(6-21)15-17-14(18-19-15)10-3-4-10/h7,9-12H,3-6,8H2,1-2H3,(H,17,18,19)/t11-,12+/m0/s1. The molecule has 1 aliphatic carbocycles. The third-order valence-corrected chi connectivity index (χ3v) is 6.60. The molecule has 25 heavy (non-hydrogen) atoms. The molecule has 2 aromatic rings. The molecule has 1 N–H and O–H groups in total. The van der Waals surface area contributed by atoms with Gasteiger partial charge in [-0.05, 0) is 12.8 Å². The lowest BCUT2D eigenvalue weighted by Gasteiger charge is -2.14. The van der Waals surface area contributed by atoms with E-state index in [0.717, 1.165) is 24.5 Å². The number of aromatic nitrogens is 5. The van der Waals surface area contributed by atoms with Crippen LogP contribution in [0.4, 0.5) is 0 Å². The van der Waals surface area contributed by atoms with Crippen LogP contribution in [-0.2, 0) is 21.8 Å². The highest BCUT2D eigenvalue weighted by molar-refractivity contribution is 7.89. The molecular weight excluding hydrogens is 344 g/mol. The molecule has 0 unspecified atom stereocenters. The summed E-state index contributed by atoms with van der Waals surface area (Å²) in [5.41, 5.74) is 0. The van der Waals surface area contributed by atoms with Gasteiger partial charge in [0, 0.05) is 51.2 Å². The van der Waals surface area contributed by atoms with Crippen LogP contribution < -0.4 is 0 Å². The fraction of sp³-hybridized carbons (Fsp3) is 0.667. The molecule has 0 bridgehead atoms. The molecule has 4 rings (SSSR count). The van der Waals surface area contributed by atoms with Crippen LogP contribution in [0.3, 0.4) is 0 Å². The van der Waals surface area contributed by atoms with Gasteiger partial charge in [-0.2, -0.15) is 9.40 Å². The lowest BCUT2D eigenvalue weighted by Crippen LogP contribution is -2.29. The van der Waals surface area contributed by atoms with Gasteiger partial charge in [0.1, 0.15) is 5.82 Å². The highest BCUT2D eigenvalue weighted by Gasteiger charge is 2.42. The summed E-state index contributed by atoms with van der Waals surface area (Å²) in [5, 5.41) is 7.39. The van der Waals surface area contributed by atoms with E-state index in [1.165, 1.54) is 16.8 Å². The largest absolute Gasteiger partial charge is 0.384 e. The quantitative estimate of drug-likeness (QED) is 0.796. The van der Waals surface area contributed by atoms with Crippen LogP contribution in [0.5, 0.6) is 0 Å². The highest BCUT2D eigenvalue weighted by atomic mass is 32.2. The molecule has 2 aliphatic rings. The van der Waals surface area contributed by atoms with Gasteiger partial charge in [-0.25, -0.2) is 18.4 Å². The molecule has 10 heteroatoms. The summed E-state index contributed by atoms with van der Waals surface area (Å²) in [6.45, 7) is 1.21. The molecule has 3 heterocycles. The summed E-state index contributed by atoms with van der Waals surface area (Å²) in [6, 6.07) is 0. The van der Waals surface area contributed by atoms with Crippen molar-refractivity contribution >= 4 is 10.0 Å². The number of nitrogens with zero attached hydrogens (tertiary/aromatic N) is 5. The Labute approximate surface area is 146 Å². The van der Waals surface area contributed by atoms with Gasteiger partial charge in [-0.15, -0.1) is 0 Å². The molecule has 1 aliphatic heterocycles. The second-order valence-corrected chi connectivity index (χ2v) is 8.76. The lowest BCUT2D eigenvalue weighted by atomic mass is 9.96. The van der Waals surface area contributed by atoms with Gasteiger partial charge in [0.2, 0.25) is 0 Å². The predicted octanol–water partition coefficient (Wildman–Crippen LogP) is 0.466. The van der Waals surface area contributed by atoms with Crippen LogP contribution in [0.2, 0.25) is 0 Å². The van der Waals surface area contributed by atoms with Crippen LogP contribution in [0.25, 0.3) is 0 Å². The Kier molecular flexibility index (Phi) is 4.13. The minimum absolute atomic E-state index is 0.0310. The zero-order valence-electron chi connectivity index (χ0n) is 14.3. The molecule has 0 radical (unpaired) electrons. The number of aromatic amines is 1. The Morgan fingerprint density at radius 2 is 2.16 bits per heavy atom. The first-order chi connectivity index (χ1) is 12.0. The van der Waals surface area contributed by atoms with Crippen molar-refractivity contribution in [3.8, 4) is 0 Å². The van der Waals surface area contributed by atoms with Crippen molar-refractivity contribution in [1.29, 1.82) is 0 Å². The maximum absolute atomic E-state index is 12.9. The lowest BCUT2D eigenvalue weighted by molar-refractivity contribution is 0.150. The minimum atomic E-state index is -3.62. The first-order valence-electron chi connectivity index (χ1n) is 8.38. The van der Waals surface area contributed by atoms with E-state index in [0.29, 0.717) is 25.6 Å². The number of aryl methyl sites for hydroxylation is 1. The van der Waals surface area contributed by atoms with Crippen LogP contribution in [0, 0.1) is 5.92 Å². The third-order valence-electron chi connectivity index (χ3n) is 4.89. The molecule has 136 valence electrons. The Hall–Kier alpha value is -1.78. The minimum Gasteiger partial charge on any atom is -0.384 e. The molecule has 2 aromatic heterocycles. The van der Waals surface area contributed by atoms with Gasteiger partial charge in [-0.1, -0.05) is 0 Å². The normalized spacial score (nSPS) is 24.9. The van der Waals surface area contributed by atoms with Crippen molar-refractivity contribution in [1.82, 2.24) is 29.0 Å². The van der Waals surface area contributed by atoms with Gasteiger partial charge in [0.15, 0.2) is 10.9 Å². The van der Waals surface area contributed by atoms with Crippen molar-refractivity contribution in [3.63, 3.8) is 0 Å². The van der Waals surface area contributed by atoms with Gasteiger partial charge in [-0.3, -0.25) is 5.10 Å². The predicted molar refractivity (Wildman–Crippen MR) is 88.4 cm³/mol. The van der Waals surface area contributed by atoms with E-state index in [1.807, 2.05) is 0 Å². The van der Waals surface area contributed by atoms with E-state index in [4.69, 9.17) is 4.74 Å². The molecule has 1 saturated heterocycles. The van der Waals surface area contributed by atoms with E-state index in [2.05, 4.69) is 20.2 Å². The van der Waals surface area contributed by atoms with Crippen LogP contribution >= 0.6 is 0 Å². The van der Waals surface area contributed by atoms with Gasteiger partial charge < -0.3 is 9.30 Å². The smallest absolute Gasteiger partial charge is 0.262 e. The van der Waals surface area contributed by atoms with Crippen molar-refractivity contribution < 1.29 is 13.2 Å². The van der Waals surface area contributed by atoms with Gasteiger partial charge in [0.05, 0.1) is 12.9 Å². The van der Waals surface area contributed by atoms with Crippen LogP contribution in [-0.4, -0.2) is 64.3 Å². The molecule has 0 amide bonds. The summed E-state index contributed by atoms with van der Waals surface area (Å²) in [7, 11) is -0.245. The zero-order chi connectivity index (χ0) is 17.6. The maximum Gasteiger partial charge on any atom is 0.262 e. The Bertz CT molecular complexity index is 856. The molecule has 2 atom stereocenters. The van der Waals surface area contributed by atoms with E-state index >= 15 is 0 Å². The average Bonchev–Trinajstić information content (AvgIpc) is 3.00. The monoisotopic (exact) mass is 366 g/mol. The van der Waals surface area contributed by atoms with Gasteiger partial charge in [0.25, 0.3) is 10.0 Å². The van der Waals surface area contributed by atoms with E-state index < -0.39 is 10.0 Å². The number of rotatable bonds is 6. The molecule has 1 saturated carbocycles. The Balaban J connectivity index is 1.59. The van der Waals surface area contributed by atoms with Crippen molar-refractivity contribution in [2.45, 2.75) is 29.7 Å². The summed E-state index contributed by atoms with van der Waals surface area (Å²) in [5.74, 6) is 2.03. The summed E-state index contributed by atoms with van der Waals surface area (Å²) < 4.78 is 34.1. The molecule has 9 nitrogen and oxygen atoms in total. The number of ether oxygens (including phenoxy) is 1. The number of nitrogens with one attached hydrogen (secondary N) is 1. The van der Waals surface area contributed by atoms with Crippen LogP contribution in [0.1, 0.15) is 36.3 Å². The summed E-state index contributed by atoms with van der Waals surface area (Å²) in [4.78, 5) is 8.62. The molecule has 2 fully saturated rings. The zero-order valence-corrected chi connectivity index (χ0v) is 15.1. The fourth-order valence-corrected chi connectivity index (χ4v) is 4.84. The van der Waals surface area contributed by atoms with E-state index in [9.17, 15) is 8.42 Å². The van der Waals surface area contributed by atoms with Crippen LogP contribution in [0.15, 0.2) is 17.6 Å². The topological polar surface area (TPSA) is 106 Å². The van der Waals surface area contributed by atoms with Gasteiger partial charge >= 0.3 is 0 Å². The maximum atomic E-state index is 12.9. The number of methoxy groups -OCH3 is 1. The summed E-state index contributed by atoms with van der Waals surface area (Å²) >= 11 is 0. The fourth-order valence-electron chi connectivity index (χ4n) is 3.35. The number of sulfonamides is 1. The van der Waals surface area contributed by atoms with Crippen molar-refractivity contribution in [2.75, 3.05) is 26.8 Å². The Morgan fingerprint density at radius 3 is 2.80 bits per heavy atom. The number of hydrogen-bond donors (Lipinski definition) is 1. The number of imidazole rings is 1. The van der Waals surface area contributed by atoms with E-state index in [-0.39, 0.29) is 16.9 Å². The second kappa shape index (κ2) is 6.19. The Morgan fingerprint density at radius 1 is 1.36 bits per heavy atom. The van der Waals surface area contributed by atoms with E-state index in [1.54, 1.807) is 18.7 Å². The average molecular weight is 366 g/mol. The number of H-pyrrole nitrogens is 1. The summed E-state index contributed by atoms with van der Waals surface area (Å²) in [6.07, 6.45) is 5.27. The molecule has 0 spiro atoms. The molecule has 0 aromatic carbocycles.